The summed E-state index contributed by atoms with van der Waals surface area (Å²) in [7, 11) is 0. The number of hydrogen-bond acceptors (Lipinski definition) is 1. The summed E-state index contributed by atoms with van der Waals surface area (Å²) in [6.07, 6.45) is 0. The molecule has 0 fully saturated rings. The molecule has 0 unspecified atom stereocenters. The predicted octanol–water partition coefficient (Wildman–Crippen LogP) is 13.1. The van der Waals surface area contributed by atoms with Gasteiger partial charge in [-0.2, -0.15) is 0 Å². The fourth-order valence-corrected chi connectivity index (χ4v) is 6.19. The van der Waals surface area contributed by atoms with Crippen LogP contribution in [0.1, 0.15) is 24.7 Å². The molecule has 0 aliphatic carbocycles. The predicted molar refractivity (Wildman–Crippen MR) is 198 cm³/mol. The first-order valence-electron chi connectivity index (χ1n) is 23.6. The Morgan fingerprint density at radius 1 is 0.340 bits per heavy atom. The largest absolute Gasteiger partial charge is 0.455 e. The van der Waals surface area contributed by atoms with Gasteiger partial charge in [-0.3, -0.25) is 0 Å². The average Bonchev–Trinajstić information content (AvgIpc) is 3.70. The fourth-order valence-electron chi connectivity index (χ4n) is 6.19. The number of para-hydroxylation sites is 1. The van der Waals surface area contributed by atoms with Gasteiger partial charge in [0.15, 0.2) is 0 Å². The van der Waals surface area contributed by atoms with Gasteiger partial charge in [0, 0.05) is 27.6 Å². The molecule has 0 spiro atoms. The number of fused-ring (bicyclic) bond motifs is 3. The van der Waals surface area contributed by atoms with Crippen molar-refractivity contribution in [3.05, 3.63) is 182 Å². The summed E-state index contributed by atoms with van der Waals surface area (Å²) < 4.78 is 168. The van der Waals surface area contributed by atoms with Gasteiger partial charge in [-0.15, -0.1) is 0 Å². The molecule has 0 N–H and O–H groups in total. The lowest BCUT2D eigenvalue weighted by molar-refractivity contribution is 0.634. The summed E-state index contributed by atoms with van der Waals surface area (Å²) in [6, 6.07) is 7.67. The van der Waals surface area contributed by atoms with Crippen LogP contribution in [0.2, 0.25) is 0 Å². The number of hydrogen-bond donors (Lipinski definition) is 0. The van der Waals surface area contributed by atoms with Gasteiger partial charge in [-0.1, -0.05) is 182 Å². The van der Waals surface area contributed by atoms with E-state index in [-0.39, 0.29) is 55.3 Å². The van der Waals surface area contributed by atoms with E-state index in [2.05, 4.69) is 0 Å². The average molecular weight is 617 g/mol. The van der Waals surface area contributed by atoms with Gasteiger partial charge < -0.3 is 4.42 Å². The van der Waals surface area contributed by atoms with Crippen LogP contribution in [-0.2, 0) is 0 Å². The van der Waals surface area contributed by atoms with Crippen molar-refractivity contribution in [1.82, 2.24) is 0 Å². The molecule has 0 aliphatic rings. The molecule has 1 aromatic heterocycles. The van der Waals surface area contributed by atoms with Gasteiger partial charge in [0.05, 0.1) is 24.7 Å². The maximum absolute atomic E-state index is 9.59. The van der Waals surface area contributed by atoms with E-state index in [1.54, 1.807) is 48.5 Å². The lowest BCUT2D eigenvalue weighted by Gasteiger charge is -2.18. The van der Waals surface area contributed by atoms with E-state index in [1.165, 1.54) is 6.07 Å². The molecule has 8 aromatic carbocycles. The molecule has 1 heteroatoms. The van der Waals surface area contributed by atoms with Crippen LogP contribution in [0.4, 0.5) is 0 Å². The van der Waals surface area contributed by atoms with E-state index in [0.29, 0.717) is 11.1 Å². The Morgan fingerprint density at radius 2 is 0.851 bits per heavy atom. The second kappa shape index (κ2) is 11.3. The monoisotopic (exact) mass is 616 g/mol. The Bertz CT molecular complexity index is 3440. The van der Waals surface area contributed by atoms with Crippen molar-refractivity contribution >= 4 is 32.5 Å². The molecule has 0 saturated heterocycles. The van der Waals surface area contributed by atoms with Crippen LogP contribution in [0, 0.1) is 0 Å². The van der Waals surface area contributed by atoms with E-state index in [1.807, 2.05) is 18.2 Å². The lowest BCUT2D eigenvalue weighted by Crippen LogP contribution is -1.92. The van der Waals surface area contributed by atoms with Crippen LogP contribution >= 0.6 is 0 Å². The highest BCUT2D eigenvalue weighted by Crippen LogP contribution is 2.51. The van der Waals surface area contributed by atoms with Crippen molar-refractivity contribution in [2.45, 2.75) is 0 Å². The molecule has 0 radical (unpaired) electrons. The molecule has 0 saturated carbocycles. The number of rotatable bonds is 5. The van der Waals surface area contributed by atoms with Gasteiger partial charge in [0.2, 0.25) is 0 Å². The van der Waals surface area contributed by atoms with Crippen molar-refractivity contribution in [2.24, 2.45) is 0 Å². The van der Waals surface area contributed by atoms with Crippen molar-refractivity contribution in [1.29, 1.82) is 0 Å². The first-order valence-corrected chi connectivity index (χ1v) is 14.6. The Hall–Kier alpha value is -6.18. The van der Waals surface area contributed by atoms with E-state index in [9.17, 15) is 5.48 Å². The summed E-state index contributed by atoms with van der Waals surface area (Å²) in [5.41, 5.74) is 0.261. The summed E-state index contributed by atoms with van der Waals surface area (Å²) in [4.78, 5) is 0. The Kier molecular flexibility index (Phi) is 3.49. The molecule has 0 aliphatic heterocycles. The number of benzene rings is 8. The normalized spacial score (nSPS) is 16.8. The van der Waals surface area contributed by atoms with Crippen LogP contribution in [0.5, 0.6) is 0 Å². The topological polar surface area (TPSA) is 13.1 Å². The SMILES string of the molecule is [2H]c1c([2H])c([2H])c(-c2ccccc2-c2oc3c(-c4ccccc4)cccc3c2-c2c3c([2H])c([2H])c([2H])c([2H])c3c(-c3c([2H])c([2H])c([2H])c([2H])c3[2H])c3c([2H])c([2H])c([2H])c([2H])c23)c([2H])c1[2H]. The first-order chi connectivity index (χ1) is 30.8. The molecular weight excluding hydrogens is 569 g/mol. The molecule has 0 atom stereocenters. The summed E-state index contributed by atoms with van der Waals surface area (Å²) in [5, 5.41) is -1.24. The Labute approximate surface area is 299 Å². The molecule has 9 aromatic rings. The molecule has 47 heavy (non-hydrogen) atoms. The standard InChI is InChI=1S/C46H30O/c1-4-17-31(18-5-1)34-23-10-15-28-40(34)46-44(41-30-16-29-35(45(41)47-46)32-19-6-2-7-20-32)43-38-26-13-11-24-36(38)42(33-21-8-3-9-22-33)37-25-12-14-27-39(37)43/h1-30H/i1D,3D,4D,5D,8D,9D,11D,12D,13D,14D,17D,18D,21D,22D,24D,25D,26D,27D. The van der Waals surface area contributed by atoms with Crippen molar-refractivity contribution in [3.63, 3.8) is 0 Å². The van der Waals surface area contributed by atoms with Gasteiger partial charge in [-0.25, -0.2) is 0 Å². The van der Waals surface area contributed by atoms with Crippen LogP contribution in [-0.4, -0.2) is 0 Å². The summed E-state index contributed by atoms with van der Waals surface area (Å²) >= 11 is 0. The lowest BCUT2D eigenvalue weighted by atomic mass is 9.84. The molecule has 220 valence electrons. The van der Waals surface area contributed by atoms with Crippen LogP contribution in [0.15, 0.2) is 186 Å². The second-order valence-corrected chi connectivity index (χ2v) is 10.7. The summed E-state index contributed by atoms with van der Waals surface area (Å²) in [5.74, 6) is -0.0798. The zero-order valence-electron chi connectivity index (χ0n) is 42.3. The third kappa shape index (κ3) is 4.47. The third-order valence-corrected chi connectivity index (χ3v) is 8.12. The molecular formula is C46H30O. The van der Waals surface area contributed by atoms with Crippen LogP contribution in [0.25, 0.3) is 88.3 Å². The molecule has 1 heterocycles. The third-order valence-electron chi connectivity index (χ3n) is 8.12. The van der Waals surface area contributed by atoms with Crippen molar-refractivity contribution in [3.8, 4) is 55.8 Å². The zero-order valence-corrected chi connectivity index (χ0v) is 24.3. The first kappa shape index (κ1) is 14.5. The maximum atomic E-state index is 9.59. The van der Waals surface area contributed by atoms with E-state index >= 15 is 0 Å². The van der Waals surface area contributed by atoms with Gasteiger partial charge >= 0.3 is 0 Å². The van der Waals surface area contributed by atoms with E-state index in [4.69, 9.17) is 23.6 Å². The van der Waals surface area contributed by atoms with Crippen LogP contribution < -0.4 is 0 Å². The fraction of sp³-hybridized carbons (Fsp3) is 0. The quantitative estimate of drug-likeness (QED) is 0.175. The molecule has 0 bridgehead atoms. The highest BCUT2D eigenvalue weighted by Gasteiger charge is 2.26. The van der Waals surface area contributed by atoms with E-state index < -0.39 is 131 Å². The molecule has 0 amide bonds. The van der Waals surface area contributed by atoms with Gasteiger partial charge in [-0.05, 0) is 49.4 Å². The minimum atomic E-state index is -0.797. The van der Waals surface area contributed by atoms with Crippen LogP contribution in [0.3, 0.4) is 0 Å². The molecule has 1 nitrogen and oxygen atoms in total. The van der Waals surface area contributed by atoms with Crippen molar-refractivity contribution in [2.75, 3.05) is 0 Å². The highest BCUT2D eigenvalue weighted by molar-refractivity contribution is 6.25. The minimum absolute atomic E-state index is 0.0234. The Balaban J connectivity index is 1.62. The molecule has 9 rings (SSSR count). The minimum Gasteiger partial charge on any atom is -0.455 e. The summed E-state index contributed by atoms with van der Waals surface area (Å²) in [6.45, 7) is 0. The smallest absolute Gasteiger partial charge is 0.143 e. The highest BCUT2D eigenvalue weighted by atomic mass is 16.3. The Morgan fingerprint density at radius 3 is 1.49 bits per heavy atom. The van der Waals surface area contributed by atoms with E-state index in [0.717, 1.165) is 0 Å². The number of furan rings is 1. The maximum Gasteiger partial charge on any atom is 0.143 e. The van der Waals surface area contributed by atoms with Crippen molar-refractivity contribution < 1.29 is 29.1 Å². The zero-order chi connectivity index (χ0) is 46.8. The van der Waals surface area contributed by atoms with Gasteiger partial charge in [0.25, 0.3) is 0 Å². The van der Waals surface area contributed by atoms with Gasteiger partial charge in [0.1, 0.15) is 11.3 Å². The second-order valence-electron chi connectivity index (χ2n) is 10.7.